The maximum absolute atomic E-state index is 12.5. The molecule has 1 N–H and O–H groups in total. The first-order valence-electron chi connectivity index (χ1n) is 8.06. The summed E-state index contributed by atoms with van der Waals surface area (Å²) in [6.07, 6.45) is 0.249. The molecular formula is C20H25NO3. The van der Waals surface area contributed by atoms with E-state index in [1.54, 1.807) is 20.3 Å². The number of aryl methyl sites for hydroxylation is 1. The van der Waals surface area contributed by atoms with Crippen LogP contribution in [0.2, 0.25) is 0 Å². The van der Waals surface area contributed by atoms with Crippen molar-refractivity contribution in [3.05, 3.63) is 53.1 Å². The number of hydrogen-bond acceptors (Lipinski definition) is 3. The summed E-state index contributed by atoms with van der Waals surface area (Å²) < 4.78 is 10.6. The van der Waals surface area contributed by atoms with E-state index >= 15 is 0 Å². The summed E-state index contributed by atoms with van der Waals surface area (Å²) in [5.41, 5.74) is 3.95. The summed E-state index contributed by atoms with van der Waals surface area (Å²) in [6, 6.07) is 11.6. The summed E-state index contributed by atoms with van der Waals surface area (Å²) >= 11 is 0. The van der Waals surface area contributed by atoms with Gasteiger partial charge in [-0.3, -0.25) is 4.79 Å². The van der Waals surface area contributed by atoms with Crippen LogP contribution in [0, 0.1) is 6.92 Å². The van der Waals surface area contributed by atoms with E-state index in [0.717, 1.165) is 22.4 Å². The first-order valence-corrected chi connectivity index (χ1v) is 8.06. The highest BCUT2D eigenvalue weighted by Gasteiger charge is 2.14. The molecule has 2 aromatic carbocycles. The molecule has 0 saturated heterocycles. The quantitative estimate of drug-likeness (QED) is 0.859. The molecule has 2 aromatic rings. The lowest BCUT2D eigenvalue weighted by Gasteiger charge is -2.17. The number of nitrogens with one attached hydrogen (secondary N) is 1. The predicted molar refractivity (Wildman–Crippen MR) is 97.1 cm³/mol. The molecule has 0 radical (unpaired) electrons. The first-order chi connectivity index (χ1) is 11.5. The van der Waals surface area contributed by atoms with Gasteiger partial charge in [0.05, 0.1) is 20.6 Å². The molecule has 0 heterocycles. The zero-order valence-electron chi connectivity index (χ0n) is 15.0. The molecule has 24 heavy (non-hydrogen) atoms. The van der Waals surface area contributed by atoms with E-state index in [0.29, 0.717) is 17.4 Å². The van der Waals surface area contributed by atoms with Crippen LogP contribution in [0.4, 0.5) is 5.69 Å². The fraction of sp³-hybridized carbons (Fsp3) is 0.350. The molecule has 0 unspecified atom stereocenters. The number of anilines is 1. The van der Waals surface area contributed by atoms with Crippen molar-refractivity contribution < 1.29 is 14.3 Å². The van der Waals surface area contributed by atoms with Crippen molar-refractivity contribution in [1.29, 1.82) is 0 Å². The third-order valence-corrected chi connectivity index (χ3v) is 4.04. The van der Waals surface area contributed by atoms with Gasteiger partial charge in [-0.25, -0.2) is 0 Å². The third-order valence-electron chi connectivity index (χ3n) is 4.04. The summed E-state index contributed by atoms with van der Waals surface area (Å²) in [4.78, 5) is 12.5. The lowest BCUT2D eigenvalue weighted by Crippen LogP contribution is -2.17. The normalized spacial score (nSPS) is 10.6. The Hall–Kier alpha value is -2.49. The molecular weight excluding hydrogens is 302 g/mol. The Bertz CT molecular complexity index is 723. The van der Waals surface area contributed by atoms with Gasteiger partial charge >= 0.3 is 0 Å². The van der Waals surface area contributed by atoms with E-state index in [-0.39, 0.29) is 12.3 Å². The van der Waals surface area contributed by atoms with Crippen LogP contribution in [-0.2, 0) is 11.2 Å². The smallest absolute Gasteiger partial charge is 0.228 e. The Kier molecular flexibility index (Phi) is 5.85. The lowest BCUT2D eigenvalue weighted by molar-refractivity contribution is -0.115. The van der Waals surface area contributed by atoms with Crippen LogP contribution < -0.4 is 14.8 Å². The van der Waals surface area contributed by atoms with Gasteiger partial charge in [0.25, 0.3) is 0 Å². The van der Waals surface area contributed by atoms with Crippen LogP contribution in [0.3, 0.4) is 0 Å². The van der Waals surface area contributed by atoms with Crippen molar-refractivity contribution in [2.75, 3.05) is 19.5 Å². The molecule has 0 bridgehead atoms. The van der Waals surface area contributed by atoms with Gasteiger partial charge in [-0.2, -0.15) is 0 Å². The Morgan fingerprint density at radius 3 is 2.50 bits per heavy atom. The minimum Gasteiger partial charge on any atom is -0.497 e. The number of carbonyl (C=O) groups is 1. The molecule has 2 rings (SSSR count). The first kappa shape index (κ1) is 17.9. The Morgan fingerprint density at radius 1 is 1.12 bits per heavy atom. The van der Waals surface area contributed by atoms with Gasteiger partial charge < -0.3 is 14.8 Å². The number of methoxy groups -OCH3 is 2. The van der Waals surface area contributed by atoms with Crippen LogP contribution in [0.1, 0.15) is 36.5 Å². The number of rotatable bonds is 6. The largest absolute Gasteiger partial charge is 0.497 e. The van der Waals surface area contributed by atoms with Gasteiger partial charge in [0.15, 0.2) is 0 Å². The van der Waals surface area contributed by atoms with E-state index in [4.69, 9.17) is 9.47 Å². The van der Waals surface area contributed by atoms with Crippen LogP contribution >= 0.6 is 0 Å². The van der Waals surface area contributed by atoms with Crippen molar-refractivity contribution in [1.82, 2.24) is 0 Å². The SMILES string of the molecule is COc1ccc(CC(=O)Nc2c(C)cccc2C(C)C)c(OC)c1. The molecule has 1 amide bonds. The van der Waals surface area contributed by atoms with Crippen molar-refractivity contribution in [3.63, 3.8) is 0 Å². The lowest BCUT2D eigenvalue weighted by atomic mass is 9.98. The molecule has 0 aliphatic rings. The predicted octanol–water partition coefficient (Wildman–Crippen LogP) is 4.32. The number of carbonyl (C=O) groups excluding carboxylic acids is 1. The van der Waals surface area contributed by atoms with Crippen LogP contribution in [0.5, 0.6) is 11.5 Å². The third kappa shape index (κ3) is 4.07. The highest BCUT2D eigenvalue weighted by atomic mass is 16.5. The monoisotopic (exact) mass is 327 g/mol. The fourth-order valence-corrected chi connectivity index (χ4v) is 2.70. The average Bonchev–Trinajstić information content (AvgIpc) is 2.56. The molecule has 0 spiro atoms. The Morgan fingerprint density at radius 2 is 1.88 bits per heavy atom. The van der Waals surface area contributed by atoms with Gasteiger partial charge in [0.2, 0.25) is 5.91 Å². The molecule has 4 heteroatoms. The maximum Gasteiger partial charge on any atom is 0.228 e. The molecule has 4 nitrogen and oxygen atoms in total. The average molecular weight is 327 g/mol. The number of hydrogen-bond donors (Lipinski definition) is 1. The minimum absolute atomic E-state index is 0.0605. The summed E-state index contributed by atoms with van der Waals surface area (Å²) in [5.74, 6) is 1.64. The standard InChI is InChI=1S/C20H25NO3/c1-13(2)17-8-6-7-14(3)20(17)21-19(22)11-15-9-10-16(23-4)12-18(15)24-5/h6-10,12-13H,11H2,1-5H3,(H,21,22). The van der Waals surface area contributed by atoms with Crippen molar-refractivity contribution in [3.8, 4) is 11.5 Å². The number of ether oxygens (including phenoxy) is 2. The second kappa shape index (κ2) is 7.86. The van der Waals surface area contributed by atoms with Crippen molar-refractivity contribution in [2.24, 2.45) is 0 Å². The van der Waals surface area contributed by atoms with E-state index in [9.17, 15) is 4.79 Å². The summed E-state index contributed by atoms with van der Waals surface area (Å²) in [7, 11) is 3.20. The molecule has 0 saturated carbocycles. The molecule has 0 aliphatic heterocycles. The van der Waals surface area contributed by atoms with Crippen LogP contribution in [-0.4, -0.2) is 20.1 Å². The van der Waals surface area contributed by atoms with E-state index in [1.165, 1.54) is 0 Å². The molecule has 0 aromatic heterocycles. The van der Waals surface area contributed by atoms with Crippen molar-refractivity contribution in [2.45, 2.75) is 33.1 Å². The van der Waals surface area contributed by atoms with Gasteiger partial charge in [0.1, 0.15) is 11.5 Å². The Balaban J connectivity index is 2.21. The van der Waals surface area contributed by atoms with Crippen LogP contribution in [0.15, 0.2) is 36.4 Å². The summed E-state index contributed by atoms with van der Waals surface area (Å²) in [5, 5.41) is 3.06. The second-order valence-electron chi connectivity index (χ2n) is 6.10. The zero-order valence-corrected chi connectivity index (χ0v) is 15.0. The second-order valence-corrected chi connectivity index (χ2v) is 6.10. The van der Waals surface area contributed by atoms with Gasteiger partial charge in [0, 0.05) is 17.3 Å². The van der Waals surface area contributed by atoms with Crippen LogP contribution in [0.25, 0.3) is 0 Å². The fourth-order valence-electron chi connectivity index (χ4n) is 2.70. The topological polar surface area (TPSA) is 47.6 Å². The van der Waals surface area contributed by atoms with E-state index in [2.05, 4.69) is 25.2 Å². The van der Waals surface area contributed by atoms with Gasteiger partial charge in [-0.15, -0.1) is 0 Å². The highest BCUT2D eigenvalue weighted by Crippen LogP contribution is 2.29. The van der Waals surface area contributed by atoms with Gasteiger partial charge in [-0.1, -0.05) is 38.1 Å². The molecule has 128 valence electrons. The number of benzene rings is 2. The minimum atomic E-state index is -0.0605. The molecule has 0 aliphatic carbocycles. The Labute approximate surface area is 143 Å². The van der Waals surface area contributed by atoms with Gasteiger partial charge in [-0.05, 0) is 30.0 Å². The molecule has 0 atom stereocenters. The summed E-state index contributed by atoms with van der Waals surface area (Å²) in [6.45, 7) is 6.25. The maximum atomic E-state index is 12.5. The zero-order chi connectivity index (χ0) is 17.7. The number of para-hydroxylation sites is 1. The van der Waals surface area contributed by atoms with E-state index in [1.807, 2.05) is 31.2 Å². The van der Waals surface area contributed by atoms with E-state index < -0.39 is 0 Å². The van der Waals surface area contributed by atoms with Crippen molar-refractivity contribution >= 4 is 11.6 Å². The molecule has 0 fully saturated rings. The highest BCUT2D eigenvalue weighted by molar-refractivity contribution is 5.94. The number of amides is 1.